The molecule has 0 fully saturated rings. The van der Waals surface area contributed by atoms with Gasteiger partial charge in [-0.3, -0.25) is 4.79 Å². The Hall–Kier alpha value is -3.10. The van der Waals surface area contributed by atoms with E-state index in [1.165, 1.54) is 0 Å². The SMILES string of the molecule is CCN1CC=C(C)c2cc3c(cc21)Oc1cc2c(cc1C31OC(=O)c3c(Cl)c(Cl)c(Cl)c(Cl)c31)CCCN2CCCC(=O)NC(C)(C)C. The average molecular weight is 730 g/mol. The van der Waals surface area contributed by atoms with E-state index in [-0.39, 0.29) is 37.1 Å². The molecule has 0 bridgehead atoms. The van der Waals surface area contributed by atoms with Gasteiger partial charge in [0.15, 0.2) is 5.60 Å². The molecular weight excluding hydrogens is 692 g/mol. The van der Waals surface area contributed by atoms with E-state index in [0.717, 1.165) is 60.6 Å². The van der Waals surface area contributed by atoms with Gasteiger partial charge in [0, 0.05) is 83.9 Å². The van der Waals surface area contributed by atoms with Crippen LogP contribution in [0.5, 0.6) is 11.5 Å². The van der Waals surface area contributed by atoms with Crippen molar-refractivity contribution in [2.45, 2.75) is 71.4 Å². The number of hydrogen-bond acceptors (Lipinski definition) is 6. The zero-order chi connectivity index (χ0) is 34.3. The first-order chi connectivity index (χ1) is 22.7. The lowest BCUT2D eigenvalue weighted by atomic mass is 9.75. The fraction of sp³-hybridized carbons (Fsp3) is 0.405. The molecule has 1 N–H and O–H groups in total. The largest absolute Gasteiger partial charge is 0.456 e. The Morgan fingerprint density at radius 1 is 0.958 bits per heavy atom. The first-order valence-electron chi connectivity index (χ1n) is 16.4. The lowest BCUT2D eigenvalue weighted by Crippen LogP contribution is -2.41. The van der Waals surface area contributed by atoms with Crippen LogP contribution in [0.25, 0.3) is 5.57 Å². The number of nitrogens with one attached hydrogen (secondary N) is 1. The quantitative estimate of drug-likeness (QED) is 0.160. The zero-order valence-electron chi connectivity index (χ0n) is 27.6. The predicted octanol–water partition coefficient (Wildman–Crippen LogP) is 9.56. The van der Waals surface area contributed by atoms with Crippen LogP contribution in [0.1, 0.15) is 92.1 Å². The van der Waals surface area contributed by atoms with Crippen LogP contribution >= 0.6 is 46.4 Å². The highest BCUT2D eigenvalue weighted by Crippen LogP contribution is 2.62. The summed E-state index contributed by atoms with van der Waals surface area (Å²) in [6.07, 6.45) is 5.08. The number of anilines is 2. The lowest BCUT2D eigenvalue weighted by molar-refractivity contribution is -0.122. The minimum atomic E-state index is -1.49. The molecule has 0 aromatic heterocycles. The summed E-state index contributed by atoms with van der Waals surface area (Å²) < 4.78 is 13.3. The Bertz CT molecular complexity index is 1930. The number of amides is 1. The van der Waals surface area contributed by atoms with Crippen molar-refractivity contribution in [3.05, 3.63) is 83.8 Å². The van der Waals surface area contributed by atoms with Crippen molar-refractivity contribution >= 4 is 75.2 Å². The van der Waals surface area contributed by atoms with Gasteiger partial charge >= 0.3 is 5.97 Å². The van der Waals surface area contributed by atoms with Crippen molar-refractivity contribution in [2.24, 2.45) is 0 Å². The molecule has 3 aromatic rings. The molecule has 0 saturated carbocycles. The van der Waals surface area contributed by atoms with E-state index in [4.69, 9.17) is 55.9 Å². The van der Waals surface area contributed by atoms with Gasteiger partial charge in [-0.1, -0.05) is 52.5 Å². The van der Waals surface area contributed by atoms with Gasteiger partial charge in [-0.2, -0.15) is 0 Å². The number of likely N-dealkylation sites (N-methyl/N-ethyl adjacent to an activating group) is 1. The standard InChI is InChI=1S/C37H37Cl4N3O4/c1-6-43-14-11-19(2)21-16-23-27(18-25(21)43)47-26-17-24-20(9-7-12-44(24)13-8-10-28(45)42-36(3,4)5)15-22(26)37(23)30-29(35(46)48-37)31(38)33(40)34(41)32(30)39/h11,15-18H,6-10,12-14H2,1-5H3,(H,42,45). The van der Waals surface area contributed by atoms with Crippen LogP contribution in [-0.4, -0.2) is 43.6 Å². The van der Waals surface area contributed by atoms with E-state index >= 15 is 0 Å². The van der Waals surface area contributed by atoms with Crippen LogP contribution in [0.3, 0.4) is 0 Å². The number of ether oxygens (including phenoxy) is 2. The first-order valence-corrected chi connectivity index (χ1v) is 17.9. The Kier molecular flexibility index (Phi) is 8.38. The summed E-state index contributed by atoms with van der Waals surface area (Å²) in [6, 6.07) is 8.18. The van der Waals surface area contributed by atoms with Crippen molar-refractivity contribution in [3.63, 3.8) is 0 Å². The molecule has 7 nitrogen and oxygen atoms in total. The zero-order valence-corrected chi connectivity index (χ0v) is 30.6. The highest BCUT2D eigenvalue weighted by atomic mass is 35.5. The number of esters is 1. The Morgan fingerprint density at radius 2 is 1.65 bits per heavy atom. The molecule has 0 saturated heterocycles. The summed E-state index contributed by atoms with van der Waals surface area (Å²) in [5, 5.41) is 3.22. The highest BCUT2D eigenvalue weighted by Gasteiger charge is 2.57. The maximum absolute atomic E-state index is 13.9. The number of carbonyl (C=O) groups is 2. The summed E-state index contributed by atoms with van der Waals surface area (Å²) in [5.74, 6) is 0.498. The molecule has 252 valence electrons. The minimum absolute atomic E-state index is 0.00311. The third kappa shape index (κ3) is 5.24. The third-order valence-corrected chi connectivity index (χ3v) is 11.5. The van der Waals surface area contributed by atoms with E-state index in [1.807, 2.05) is 39.0 Å². The number of nitrogens with zero attached hydrogens (tertiary/aromatic N) is 2. The van der Waals surface area contributed by atoms with Gasteiger partial charge in [-0.15, -0.1) is 0 Å². The average Bonchev–Trinajstić information content (AvgIpc) is 3.34. The number of benzene rings is 3. The molecule has 48 heavy (non-hydrogen) atoms. The number of fused-ring (bicyclic) bond motifs is 8. The normalized spacial score (nSPS) is 19.1. The molecule has 0 radical (unpaired) electrons. The summed E-state index contributed by atoms with van der Waals surface area (Å²) in [7, 11) is 0. The number of halogens is 4. The van der Waals surface area contributed by atoms with Crippen LogP contribution in [0.15, 0.2) is 30.3 Å². The van der Waals surface area contributed by atoms with Crippen LogP contribution in [-0.2, 0) is 21.6 Å². The van der Waals surface area contributed by atoms with E-state index in [2.05, 4.69) is 41.1 Å². The number of aryl methyl sites for hydroxylation is 1. The fourth-order valence-electron chi connectivity index (χ4n) is 7.49. The van der Waals surface area contributed by atoms with Crippen LogP contribution in [0, 0.1) is 0 Å². The fourth-order valence-corrected chi connectivity index (χ4v) is 8.55. The molecule has 1 unspecified atom stereocenters. The second-order valence-corrected chi connectivity index (χ2v) is 15.5. The van der Waals surface area contributed by atoms with Gasteiger partial charge in [-0.25, -0.2) is 4.79 Å². The summed E-state index contributed by atoms with van der Waals surface area (Å²) >= 11 is 26.9. The second kappa shape index (κ2) is 12.0. The minimum Gasteiger partial charge on any atom is -0.456 e. The molecule has 11 heteroatoms. The predicted molar refractivity (Wildman–Crippen MR) is 194 cm³/mol. The van der Waals surface area contributed by atoms with E-state index in [1.54, 1.807) is 0 Å². The maximum Gasteiger partial charge on any atom is 0.341 e. The van der Waals surface area contributed by atoms with Crippen molar-refractivity contribution < 1.29 is 19.1 Å². The van der Waals surface area contributed by atoms with Crippen molar-refractivity contribution in [1.82, 2.24) is 5.32 Å². The molecule has 4 aliphatic heterocycles. The number of allylic oxidation sites excluding steroid dienone is 1. The van der Waals surface area contributed by atoms with Crippen molar-refractivity contribution in [1.29, 1.82) is 0 Å². The van der Waals surface area contributed by atoms with Gasteiger partial charge in [0.1, 0.15) is 11.5 Å². The van der Waals surface area contributed by atoms with Crippen molar-refractivity contribution in [2.75, 3.05) is 36.0 Å². The maximum atomic E-state index is 13.9. The Morgan fingerprint density at radius 3 is 2.35 bits per heavy atom. The summed E-state index contributed by atoms with van der Waals surface area (Å²) in [4.78, 5) is 31.0. The topological polar surface area (TPSA) is 71.1 Å². The second-order valence-electron chi connectivity index (χ2n) is 13.9. The van der Waals surface area contributed by atoms with Gasteiger partial charge < -0.3 is 24.6 Å². The first kappa shape index (κ1) is 33.4. The summed E-state index contributed by atoms with van der Waals surface area (Å²) in [6.45, 7) is 13.3. The van der Waals surface area contributed by atoms with Gasteiger partial charge in [0.05, 0.1) is 25.7 Å². The van der Waals surface area contributed by atoms with Gasteiger partial charge in [0.2, 0.25) is 5.91 Å². The van der Waals surface area contributed by atoms with E-state index in [0.29, 0.717) is 47.6 Å². The number of carbonyl (C=O) groups excluding carboxylic acids is 2. The lowest BCUT2D eigenvalue weighted by Gasteiger charge is -2.41. The highest BCUT2D eigenvalue weighted by molar-refractivity contribution is 6.53. The third-order valence-electron chi connectivity index (χ3n) is 9.65. The molecule has 4 heterocycles. The smallest absolute Gasteiger partial charge is 0.341 e. The van der Waals surface area contributed by atoms with Crippen LogP contribution in [0.4, 0.5) is 11.4 Å². The monoisotopic (exact) mass is 727 g/mol. The molecule has 7 rings (SSSR count). The van der Waals surface area contributed by atoms with Crippen LogP contribution < -0.4 is 19.9 Å². The number of rotatable bonds is 5. The summed E-state index contributed by atoms with van der Waals surface area (Å²) in [5.41, 5.74) is 5.26. The van der Waals surface area contributed by atoms with Gasteiger partial charge in [0.25, 0.3) is 0 Å². The number of hydrogen-bond donors (Lipinski definition) is 1. The van der Waals surface area contributed by atoms with Crippen molar-refractivity contribution in [3.8, 4) is 11.5 Å². The van der Waals surface area contributed by atoms with E-state index < -0.39 is 11.6 Å². The van der Waals surface area contributed by atoms with E-state index in [9.17, 15) is 9.59 Å². The molecule has 4 aliphatic rings. The molecule has 0 aliphatic carbocycles. The molecular formula is C37H37Cl4N3O4. The Labute approximate surface area is 301 Å². The Balaban J connectivity index is 1.40. The molecule has 1 atom stereocenters. The molecule has 1 spiro atoms. The van der Waals surface area contributed by atoms with Crippen LogP contribution in [0.2, 0.25) is 20.1 Å². The van der Waals surface area contributed by atoms with Gasteiger partial charge in [-0.05, 0) is 77.2 Å². The molecule has 1 amide bonds. The molecule has 3 aromatic carbocycles.